The highest BCUT2D eigenvalue weighted by Gasteiger charge is 2.17. The molecule has 2 aromatic rings. The molecule has 1 aliphatic rings. The summed E-state index contributed by atoms with van der Waals surface area (Å²) >= 11 is 5.95. The average Bonchev–Trinajstić information content (AvgIpc) is 2.38. The largest absolute Gasteiger partial charge is 0.338 e. The van der Waals surface area contributed by atoms with Crippen LogP contribution in [0.5, 0.6) is 0 Å². The molecule has 0 unspecified atom stereocenters. The number of hydrogen-bond donors (Lipinski definition) is 1. The van der Waals surface area contributed by atoms with Gasteiger partial charge < -0.3 is 10.2 Å². The van der Waals surface area contributed by atoms with E-state index in [1.54, 1.807) is 0 Å². The number of rotatable bonds is 1. The minimum atomic E-state index is 0.475. The highest BCUT2D eigenvalue weighted by atomic mass is 35.5. The number of piperazine rings is 1. The summed E-state index contributed by atoms with van der Waals surface area (Å²) in [5.41, 5.74) is 0.940. The van der Waals surface area contributed by atoms with Crippen LogP contribution in [0.1, 0.15) is 6.92 Å². The second-order valence-electron chi connectivity index (χ2n) is 4.67. The van der Waals surface area contributed by atoms with Crippen LogP contribution in [0.4, 0.5) is 5.95 Å². The van der Waals surface area contributed by atoms with Gasteiger partial charge in [-0.1, -0.05) is 11.6 Å². The predicted octanol–water partition coefficient (Wildman–Crippen LogP) is 2.08. The number of anilines is 1. The Morgan fingerprint density at radius 1 is 1.44 bits per heavy atom. The van der Waals surface area contributed by atoms with Gasteiger partial charge in [-0.05, 0) is 25.1 Å². The van der Waals surface area contributed by atoms with Crippen molar-refractivity contribution in [3.63, 3.8) is 0 Å². The lowest BCUT2D eigenvalue weighted by atomic mass is 10.2. The Labute approximate surface area is 111 Å². The van der Waals surface area contributed by atoms with E-state index < -0.39 is 0 Å². The summed E-state index contributed by atoms with van der Waals surface area (Å²) in [6.45, 7) is 5.04. The molecule has 1 atom stereocenters. The molecular formula is C13H15ClN4. The van der Waals surface area contributed by atoms with E-state index in [1.807, 2.05) is 24.4 Å². The van der Waals surface area contributed by atoms with Crippen LogP contribution in [-0.2, 0) is 0 Å². The molecule has 1 aromatic heterocycles. The second kappa shape index (κ2) is 4.71. The minimum Gasteiger partial charge on any atom is -0.338 e. The smallest absolute Gasteiger partial charge is 0.225 e. The fourth-order valence-electron chi connectivity index (χ4n) is 2.26. The highest BCUT2D eigenvalue weighted by molar-refractivity contribution is 6.31. The zero-order valence-corrected chi connectivity index (χ0v) is 11.0. The van der Waals surface area contributed by atoms with Crippen LogP contribution < -0.4 is 10.2 Å². The number of halogens is 1. The normalized spacial score (nSPS) is 20.3. The first-order valence-electron chi connectivity index (χ1n) is 6.13. The zero-order chi connectivity index (χ0) is 12.5. The van der Waals surface area contributed by atoms with Gasteiger partial charge >= 0.3 is 0 Å². The molecule has 0 amide bonds. The van der Waals surface area contributed by atoms with Gasteiger partial charge in [0, 0.05) is 42.3 Å². The maximum absolute atomic E-state index is 5.95. The molecule has 0 saturated carbocycles. The Balaban J connectivity index is 1.95. The molecular weight excluding hydrogens is 248 g/mol. The summed E-state index contributed by atoms with van der Waals surface area (Å²) in [5, 5.41) is 5.11. The van der Waals surface area contributed by atoms with E-state index in [1.165, 1.54) is 0 Å². The van der Waals surface area contributed by atoms with Gasteiger partial charge in [0.1, 0.15) is 0 Å². The second-order valence-corrected chi connectivity index (χ2v) is 5.11. The molecule has 1 saturated heterocycles. The van der Waals surface area contributed by atoms with Gasteiger partial charge in [0.2, 0.25) is 5.95 Å². The monoisotopic (exact) mass is 262 g/mol. The molecule has 1 fully saturated rings. The SMILES string of the molecule is C[C@@H]1CN(c2ncc3cc(Cl)ccc3n2)CCN1. The van der Waals surface area contributed by atoms with Crippen LogP contribution in [0.15, 0.2) is 24.4 Å². The van der Waals surface area contributed by atoms with E-state index >= 15 is 0 Å². The molecule has 3 rings (SSSR count). The lowest BCUT2D eigenvalue weighted by Gasteiger charge is -2.31. The Kier molecular flexibility index (Phi) is 3.06. The first kappa shape index (κ1) is 11.7. The van der Waals surface area contributed by atoms with Gasteiger partial charge in [-0.3, -0.25) is 0 Å². The zero-order valence-electron chi connectivity index (χ0n) is 10.2. The standard InChI is InChI=1S/C13H15ClN4/c1-9-8-18(5-4-15-9)13-16-7-10-6-11(14)2-3-12(10)17-13/h2-3,6-7,9,15H,4-5,8H2,1H3/t9-/m1/s1. The summed E-state index contributed by atoms with van der Waals surface area (Å²) in [6.07, 6.45) is 1.84. The molecule has 4 nitrogen and oxygen atoms in total. The maximum Gasteiger partial charge on any atom is 0.225 e. The highest BCUT2D eigenvalue weighted by Crippen LogP contribution is 2.19. The Hall–Kier alpha value is -1.39. The molecule has 2 heterocycles. The van der Waals surface area contributed by atoms with Gasteiger partial charge in [0.15, 0.2) is 0 Å². The summed E-state index contributed by atoms with van der Waals surface area (Å²) in [7, 11) is 0. The van der Waals surface area contributed by atoms with Crippen LogP contribution in [0.25, 0.3) is 10.9 Å². The summed E-state index contributed by atoms with van der Waals surface area (Å²) in [5.74, 6) is 0.804. The number of aromatic nitrogens is 2. The Bertz CT molecular complexity index is 572. The van der Waals surface area contributed by atoms with Gasteiger partial charge in [0.25, 0.3) is 0 Å². The Morgan fingerprint density at radius 3 is 3.17 bits per heavy atom. The van der Waals surface area contributed by atoms with E-state index in [4.69, 9.17) is 11.6 Å². The van der Waals surface area contributed by atoms with Crippen LogP contribution in [-0.4, -0.2) is 35.6 Å². The van der Waals surface area contributed by atoms with E-state index in [-0.39, 0.29) is 0 Å². The molecule has 0 aliphatic carbocycles. The maximum atomic E-state index is 5.95. The van der Waals surface area contributed by atoms with Crippen molar-refractivity contribution in [2.75, 3.05) is 24.5 Å². The lowest BCUT2D eigenvalue weighted by molar-refractivity contribution is 0.480. The third-order valence-corrected chi connectivity index (χ3v) is 3.42. The summed E-state index contributed by atoms with van der Waals surface area (Å²) < 4.78 is 0. The third kappa shape index (κ3) is 2.26. The van der Waals surface area contributed by atoms with Gasteiger partial charge in [0.05, 0.1) is 5.52 Å². The number of fused-ring (bicyclic) bond motifs is 1. The van der Waals surface area contributed by atoms with Crippen molar-refractivity contribution in [2.45, 2.75) is 13.0 Å². The molecule has 0 spiro atoms. The average molecular weight is 263 g/mol. The van der Waals surface area contributed by atoms with Crippen LogP contribution in [0.3, 0.4) is 0 Å². The number of nitrogens with zero attached hydrogens (tertiary/aromatic N) is 3. The van der Waals surface area contributed by atoms with Crippen LogP contribution >= 0.6 is 11.6 Å². The molecule has 1 N–H and O–H groups in total. The van der Waals surface area contributed by atoms with E-state index in [0.717, 1.165) is 41.5 Å². The quantitative estimate of drug-likeness (QED) is 0.854. The van der Waals surface area contributed by atoms with E-state index in [2.05, 4.69) is 27.1 Å². The summed E-state index contributed by atoms with van der Waals surface area (Å²) in [4.78, 5) is 11.3. The molecule has 0 bridgehead atoms. The van der Waals surface area contributed by atoms with Crippen molar-refractivity contribution in [2.24, 2.45) is 0 Å². The molecule has 0 radical (unpaired) electrons. The van der Waals surface area contributed by atoms with Gasteiger partial charge in [-0.2, -0.15) is 0 Å². The number of nitrogens with one attached hydrogen (secondary N) is 1. The molecule has 18 heavy (non-hydrogen) atoms. The van der Waals surface area contributed by atoms with Crippen molar-refractivity contribution in [1.82, 2.24) is 15.3 Å². The van der Waals surface area contributed by atoms with Crippen molar-refractivity contribution < 1.29 is 0 Å². The molecule has 5 heteroatoms. The number of benzene rings is 1. The van der Waals surface area contributed by atoms with Gasteiger partial charge in [-0.15, -0.1) is 0 Å². The minimum absolute atomic E-state index is 0.475. The lowest BCUT2D eigenvalue weighted by Crippen LogP contribution is -2.49. The van der Waals surface area contributed by atoms with Crippen LogP contribution in [0, 0.1) is 0 Å². The molecule has 1 aliphatic heterocycles. The van der Waals surface area contributed by atoms with Crippen molar-refractivity contribution in [3.8, 4) is 0 Å². The van der Waals surface area contributed by atoms with Crippen molar-refractivity contribution in [1.29, 1.82) is 0 Å². The van der Waals surface area contributed by atoms with Gasteiger partial charge in [-0.25, -0.2) is 9.97 Å². The number of hydrogen-bond acceptors (Lipinski definition) is 4. The summed E-state index contributed by atoms with van der Waals surface area (Å²) in [6, 6.07) is 6.17. The van der Waals surface area contributed by atoms with E-state index in [9.17, 15) is 0 Å². The first-order valence-corrected chi connectivity index (χ1v) is 6.51. The first-order chi connectivity index (χ1) is 8.72. The Morgan fingerprint density at radius 2 is 2.33 bits per heavy atom. The fraction of sp³-hybridized carbons (Fsp3) is 0.385. The molecule has 94 valence electrons. The fourth-order valence-corrected chi connectivity index (χ4v) is 2.44. The predicted molar refractivity (Wildman–Crippen MR) is 74.2 cm³/mol. The third-order valence-electron chi connectivity index (χ3n) is 3.18. The topological polar surface area (TPSA) is 41.1 Å². The van der Waals surface area contributed by atoms with Crippen molar-refractivity contribution >= 4 is 28.5 Å². The molecule has 1 aromatic carbocycles. The van der Waals surface area contributed by atoms with E-state index in [0.29, 0.717) is 6.04 Å². The van der Waals surface area contributed by atoms with Crippen LogP contribution in [0.2, 0.25) is 5.02 Å². The van der Waals surface area contributed by atoms with Crippen molar-refractivity contribution in [3.05, 3.63) is 29.4 Å².